The van der Waals surface area contributed by atoms with Gasteiger partial charge in [-0.3, -0.25) is 0 Å². The topological polar surface area (TPSA) is 118 Å². The van der Waals surface area contributed by atoms with Gasteiger partial charge in [0.2, 0.25) is 10.0 Å². The highest BCUT2D eigenvalue weighted by molar-refractivity contribution is 7.89. The lowest BCUT2D eigenvalue weighted by Crippen LogP contribution is -2.25. The molecular formula is C28H28BN5O4S. The second-order valence-corrected chi connectivity index (χ2v) is 10.8. The summed E-state index contributed by atoms with van der Waals surface area (Å²) in [4.78, 5) is 4.87. The van der Waals surface area contributed by atoms with Gasteiger partial charge >= 0.3 is 0 Å². The molecule has 3 N–H and O–H groups in total. The van der Waals surface area contributed by atoms with E-state index in [0.717, 1.165) is 17.7 Å². The van der Waals surface area contributed by atoms with E-state index < -0.39 is 10.0 Å². The molecule has 0 aliphatic rings. The summed E-state index contributed by atoms with van der Waals surface area (Å²) in [6.07, 6.45) is 3.11. The number of unbranched alkanes of at least 4 members (excludes halogenated alkanes) is 1. The van der Waals surface area contributed by atoms with E-state index in [1.54, 1.807) is 35.0 Å². The highest BCUT2D eigenvalue weighted by atomic mass is 32.2. The Kier molecular flexibility index (Phi) is 7.80. The van der Waals surface area contributed by atoms with E-state index in [1.807, 2.05) is 56.4 Å². The molecule has 0 atom stereocenters. The average Bonchev–Trinajstić information content (AvgIpc) is 3.32. The molecule has 0 aliphatic carbocycles. The Balaban J connectivity index is 1.15. The van der Waals surface area contributed by atoms with Crippen molar-refractivity contribution in [2.45, 2.75) is 17.7 Å². The lowest BCUT2D eigenvalue weighted by molar-refractivity contribution is 0.477. The van der Waals surface area contributed by atoms with Crippen molar-refractivity contribution in [1.82, 2.24) is 19.3 Å². The fraction of sp³-hybridized carbons (Fsp3) is 0.143. The van der Waals surface area contributed by atoms with Gasteiger partial charge in [-0.25, -0.2) is 18.1 Å². The smallest absolute Gasteiger partial charge is 0.240 e. The van der Waals surface area contributed by atoms with Crippen molar-refractivity contribution >= 4 is 34.8 Å². The van der Waals surface area contributed by atoms with Gasteiger partial charge in [0.1, 0.15) is 30.9 Å². The first kappa shape index (κ1) is 26.3. The number of ether oxygens (including phenoxy) is 1. The number of anilines is 1. The number of nitrogens with one attached hydrogen (secondary N) is 2. The SMILES string of the molecule is Bc1cnn2c(NCCCCNS(=O)(=O)c3ccc(Oc4ccccc4)cc3)cc(-c3ccccc3O)nc12. The molecule has 9 nitrogen and oxygen atoms in total. The number of nitrogens with zero attached hydrogens (tertiary/aromatic N) is 3. The van der Waals surface area contributed by atoms with Gasteiger partial charge in [-0.15, -0.1) is 0 Å². The number of hydrogen-bond acceptors (Lipinski definition) is 7. The predicted molar refractivity (Wildman–Crippen MR) is 154 cm³/mol. The van der Waals surface area contributed by atoms with Crippen LogP contribution in [0, 0.1) is 0 Å². The predicted octanol–water partition coefficient (Wildman–Crippen LogP) is 3.32. The van der Waals surface area contributed by atoms with E-state index in [-0.39, 0.29) is 10.6 Å². The number of hydrogen-bond donors (Lipinski definition) is 3. The van der Waals surface area contributed by atoms with E-state index in [2.05, 4.69) is 20.1 Å². The van der Waals surface area contributed by atoms with Gasteiger partial charge < -0.3 is 15.2 Å². The first-order chi connectivity index (χ1) is 18.9. The fourth-order valence-electron chi connectivity index (χ4n) is 4.09. The zero-order valence-corrected chi connectivity index (χ0v) is 22.2. The third kappa shape index (κ3) is 6.22. The Morgan fingerprint density at radius 2 is 1.59 bits per heavy atom. The number of sulfonamides is 1. The molecule has 0 saturated carbocycles. The molecule has 5 rings (SSSR count). The molecule has 0 unspecified atom stereocenters. The minimum atomic E-state index is -3.63. The molecule has 2 heterocycles. The third-order valence-electron chi connectivity index (χ3n) is 6.14. The van der Waals surface area contributed by atoms with Crippen LogP contribution in [0.4, 0.5) is 5.82 Å². The number of phenols is 1. The van der Waals surface area contributed by atoms with E-state index in [4.69, 9.17) is 4.74 Å². The first-order valence-corrected chi connectivity index (χ1v) is 14.1. The minimum absolute atomic E-state index is 0.156. The minimum Gasteiger partial charge on any atom is -0.507 e. The molecule has 0 aliphatic heterocycles. The van der Waals surface area contributed by atoms with Gasteiger partial charge in [-0.05, 0) is 66.8 Å². The summed E-state index contributed by atoms with van der Waals surface area (Å²) in [6, 6.07) is 24.6. The van der Waals surface area contributed by atoms with Gasteiger partial charge in [-0.1, -0.05) is 30.3 Å². The van der Waals surface area contributed by atoms with Gasteiger partial charge in [0.05, 0.1) is 10.6 Å². The maximum Gasteiger partial charge on any atom is 0.240 e. The molecule has 2 aromatic heterocycles. The van der Waals surface area contributed by atoms with E-state index in [0.29, 0.717) is 47.9 Å². The molecule has 198 valence electrons. The maximum absolute atomic E-state index is 12.7. The Hall–Kier alpha value is -4.35. The highest BCUT2D eigenvalue weighted by Crippen LogP contribution is 2.29. The Morgan fingerprint density at radius 1 is 0.897 bits per heavy atom. The summed E-state index contributed by atoms with van der Waals surface area (Å²) in [5, 5.41) is 18.1. The van der Waals surface area contributed by atoms with Crippen LogP contribution < -0.4 is 20.2 Å². The third-order valence-corrected chi connectivity index (χ3v) is 7.62. The normalized spacial score (nSPS) is 11.5. The maximum atomic E-state index is 12.7. The molecule has 0 spiro atoms. The number of aromatic nitrogens is 3. The molecule has 0 saturated heterocycles. The van der Waals surface area contributed by atoms with Gasteiger partial charge in [0.15, 0.2) is 5.65 Å². The summed E-state index contributed by atoms with van der Waals surface area (Å²) in [6.45, 7) is 0.910. The van der Waals surface area contributed by atoms with Crippen molar-refractivity contribution in [3.63, 3.8) is 0 Å². The van der Waals surface area contributed by atoms with Crippen LogP contribution >= 0.6 is 0 Å². The van der Waals surface area contributed by atoms with Crippen molar-refractivity contribution in [2.75, 3.05) is 18.4 Å². The Bertz CT molecular complexity index is 1680. The number of phenolic OH excluding ortho intramolecular Hbond substituents is 1. The molecular weight excluding hydrogens is 513 g/mol. The van der Waals surface area contributed by atoms with Crippen LogP contribution in [0.2, 0.25) is 0 Å². The van der Waals surface area contributed by atoms with Crippen LogP contribution in [0.25, 0.3) is 16.9 Å². The van der Waals surface area contributed by atoms with Crippen molar-refractivity contribution in [2.24, 2.45) is 0 Å². The molecule has 11 heteroatoms. The Labute approximate surface area is 228 Å². The number of benzene rings is 3. The summed E-state index contributed by atoms with van der Waals surface area (Å²) in [7, 11) is -1.69. The number of para-hydroxylation sites is 2. The van der Waals surface area contributed by atoms with Crippen LogP contribution in [0.3, 0.4) is 0 Å². The molecule has 3 aromatic carbocycles. The molecule has 0 radical (unpaired) electrons. The quantitative estimate of drug-likeness (QED) is 0.174. The van der Waals surface area contributed by atoms with E-state index >= 15 is 0 Å². The Morgan fingerprint density at radius 3 is 2.36 bits per heavy atom. The number of aromatic hydroxyl groups is 1. The molecule has 39 heavy (non-hydrogen) atoms. The highest BCUT2D eigenvalue weighted by Gasteiger charge is 2.14. The zero-order valence-electron chi connectivity index (χ0n) is 21.4. The molecule has 0 bridgehead atoms. The number of rotatable bonds is 11. The van der Waals surface area contributed by atoms with Crippen molar-refractivity contribution in [1.29, 1.82) is 0 Å². The lowest BCUT2D eigenvalue weighted by atomic mass is 10.0. The second kappa shape index (κ2) is 11.6. The standard InChI is InChI=1S/C28H28BN5O4S/c29-24-19-31-34-27(18-25(33-28(24)34)23-10-4-5-11-26(23)35)30-16-6-7-17-32-39(36,37)22-14-12-21(13-15-22)38-20-8-2-1-3-9-20/h1-5,8-15,18-19,30,32,35H,6-7,16-17,29H2. The average molecular weight is 541 g/mol. The summed E-state index contributed by atoms with van der Waals surface area (Å²) >= 11 is 0. The summed E-state index contributed by atoms with van der Waals surface area (Å²) in [5.41, 5.74) is 2.90. The van der Waals surface area contributed by atoms with Crippen LogP contribution in [-0.4, -0.2) is 49.1 Å². The lowest BCUT2D eigenvalue weighted by Gasteiger charge is -2.12. The van der Waals surface area contributed by atoms with Crippen LogP contribution in [-0.2, 0) is 10.0 Å². The molecule has 5 aromatic rings. The first-order valence-electron chi connectivity index (χ1n) is 12.6. The van der Waals surface area contributed by atoms with Crippen molar-refractivity contribution < 1.29 is 18.3 Å². The second-order valence-electron chi connectivity index (χ2n) is 9.02. The van der Waals surface area contributed by atoms with E-state index in [1.165, 1.54) is 12.1 Å². The van der Waals surface area contributed by atoms with Crippen LogP contribution in [0.15, 0.2) is 96.0 Å². The molecule has 0 fully saturated rings. The van der Waals surface area contributed by atoms with Gasteiger partial charge in [-0.2, -0.15) is 9.61 Å². The van der Waals surface area contributed by atoms with Crippen molar-refractivity contribution in [3.05, 3.63) is 91.1 Å². The number of fused-ring (bicyclic) bond motifs is 1. The summed E-state index contributed by atoms with van der Waals surface area (Å²) < 4.78 is 35.5. The van der Waals surface area contributed by atoms with Crippen LogP contribution in [0.1, 0.15) is 12.8 Å². The van der Waals surface area contributed by atoms with Crippen LogP contribution in [0.5, 0.6) is 17.2 Å². The van der Waals surface area contributed by atoms with Gasteiger partial charge in [0, 0.05) is 30.9 Å². The largest absolute Gasteiger partial charge is 0.507 e. The van der Waals surface area contributed by atoms with Crippen molar-refractivity contribution in [3.8, 4) is 28.5 Å². The van der Waals surface area contributed by atoms with E-state index in [9.17, 15) is 13.5 Å². The summed E-state index contributed by atoms with van der Waals surface area (Å²) in [5.74, 6) is 2.15. The fourth-order valence-corrected chi connectivity index (χ4v) is 5.17. The molecule has 0 amide bonds. The monoisotopic (exact) mass is 541 g/mol. The zero-order chi connectivity index (χ0) is 27.2. The van der Waals surface area contributed by atoms with Gasteiger partial charge in [0.25, 0.3) is 0 Å².